The molecule has 0 saturated heterocycles. The molecule has 0 bridgehead atoms. The van der Waals surface area contributed by atoms with Gasteiger partial charge in [-0.15, -0.1) is 0 Å². The molecule has 4 nitrogen and oxygen atoms in total. The van der Waals surface area contributed by atoms with Crippen LogP contribution in [0.5, 0.6) is 0 Å². The van der Waals surface area contributed by atoms with Gasteiger partial charge in [-0.2, -0.15) is 0 Å². The molecule has 0 spiro atoms. The lowest BCUT2D eigenvalue weighted by atomic mass is 9.94. The Labute approximate surface area is 334 Å². The van der Waals surface area contributed by atoms with E-state index in [9.17, 15) is 0 Å². The summed E-state index contributed by atoms with van der Waals surface area (Å²) >= 11 is 0. The molecule has 0 N–H and O–H groups in total. The van der Waals surface area contributed by atoms with Gasteiger partial charge < -0.3 is 18.3 Å². The molecule has 0 saturated carbocycles. The highest BCUT2D eigenvalue weighted by atomic mass is 16.3. The number of hydrogen-bond acceptors (Lipinski definition) is 3. The fourth-order valence-corrected chi connectivity index (χ4v) is 9.19. The molecule has 1 aliphatic carbocycles. The van der Waals surface area contributed by atoms with E-state index in [-0.39, 0.29) is 6.04 Å². The summed E-state index contributed by atoms with van der Waals surface area (Å²) in [6.07, 6.45) is 7.89. The summed E-state index contributed by atoms with van der Waals surface area (Å²) < 4.78 is 15.0. The Hall–Kier alpha value is -7.56. The quantitative estimate of drug-likeness (QED) is 0.170. The van der Waals surface area contributed by atoms with E-state index in [1.54, 1.807) is 0 Å². The molecule has 11 aromatic rings. The summed E-state index contributed by atoms with van der Waals surface area (Å²) in [6, 6.07) is 65.0. The van der Waals surface area contributed by atoms with Crippen molar-refractivity contribution in [3.8, 4) is 16.8 Å². The van der Waals surface area contributed by atoms with Gasteiger partial charge in [0.2, 0.25) is 0 Å². The number of benzene rings is 8. The van der Waals surface area contributed by atoms with E-state index in [0.29, 0.717) is 0 Å². The van der Waals surface area contributed by atoms with Crippen molar-refractivity contribution in [1.82, 2.24) is 4.57 Å². The molecule has 8 aromatic carbocycles. The number of nitrogens with zero attached hydrogens (tertiary/aromatic N) is 2. The maximum Gasteiger partial charge on any atom is 0.143 e. The zero-order valence-electron chi connectivity index (χ0n) is 31.5. The van der Waals surface area contributed by atoms with Crippen LogP contribution < -0.4 is 4.90 Å². The van der Waals surface area contributed by atoms with Gasteiger partial charge in [0.15, 0.2) is 0 Å². The van der Waals surface area contributed by atoms with Crippen LogP contribution in [0, 0.1) is 0 Å². The molecular weight excluding hydrogens is 709 g/mol. The third kappa shape index (κ3) is 5.15. The maximum absolute atomic E-state index is 6.45. The molecule has 0 aliphatic heterocycles. The first-order chi connectivity index (χ1) is 28.7. The van der Waals surface area contributed by atoms with Crippen LogP contribution in [0.2, 0.25) is 0 Å². The van der Waals surface area contributed by atoms with Crippen LogP contribution in [-0.2, 0) is 0 Å². The van der Waals surface area contributed by atoms with E-state index in [0.717, 1.165) is 78.5 Å². The SMILES string of the molecule is C1=CC(N(c2ccc(-c3cccc4c3oc3ccccc34)cc2)c2ccc3c4ccccc4n(-c4ccccc4)c3c2)CC=C1c1ccc2oc3ccccc3c2c1. The molecule has 0 fully saturated rings. The molecular formula is C54H36N2O2. The van der Waals surface area contributed by atoms with Crippen molar-refractivity contribution in [3.63, 3.8) is 0 Å². The van der Waals surface area contributed by atoms with E-state index in [2.05, 4.69) is 185 Å². The van der Waals surface area contributed by atoms with Crippen molar-refractivity contribution in [2.24, 2.45) is 0 Å². The minimum Gasteiger partial charge on any atom is -0.456 e. The first-order valence-corrected chi connectivity index (χ1v) is 19.9. The lowest BCUT2D eigenvalue weighted by Gasteiger charge is -2.33. The molecule has 12 rings (SSSR count). The second kappa shape index (κ2) is 13.0. The van der Waals surface area contributed by atoms with E-state index >= 15 is 0 Å². The molecule has 3 heterocycles. The summed E-state index contributed by atoms with van der Waals surface area (Å²) in [7, 11) is 0. The Morgan fingerprint density at radius 3 is 1.93 bits per heavy atom. The van der Waals surface area contributed by atoms with Crippen molar-refractivity contribution in [1.29, 1.82) is 0 Å². The number of hydrogen-bond donors (Lipinski definition) is 0. The summed E-state index contributed by atoms with van der Waals surface area (Å²) in [4.78, 5) is 2.49. The maximum atomic E-state index is 6.45. The Bertz CT molecular complexity index is 3430. The van der Waals surface area contributed by atoms with Crippen LogP contribution in [0.15, 0.2) is 209 Å². The molecule has 0 radical (unpaired) electrons. The second-order valence-electron chi connectivity index (χ2n) is 15.2. The van der Waals surface area contributed by atoms with Crippen molar-refractivity contribution in [3.05, 3.63) is 206 Å². The van der Waals surface area contributed by atoms with Crippen LogP contribution in [0.25, 0.3) is 88.1 Å². The van der Waals surface area contributed by atoms with Gasteiger partial charge in [0.25, 0.3) is 0 Å². The highest BCUT2D eigenvalue weighted by molar-refractivity contribution is 6.11. The average Bonchev–Trinajstić information content (AvgIpc) is 3.96. The fourth-order valence-electron chi connectivity index (χ4n) is 9.19. The number of fused-ring (bicyclic) bond motifs is 9. The van der Waals surface area contributed by atoms with Crippen molar-refractivity contribution in [2.45, 2.75) is 12.5 Å². The zero-order valence-corrected chi connectivity index (χ0v) is 31.5. The minimum atomic E-state index is 0.0823. The molecule has 274 valence electrons. The number of rotatable bonds is 6. The predicted molar refractivity (Wildman–Crippen MR) is 241 cm³/mol. The van der Waals surface area contributed by atoms with Gasteiger partial charge in [0, 0.05) is 54.9 Å². The van der Waals surface area contributed by atoms with Crippen LogP contribution in [0.4, 0.5) is 11.4 Å². The largest absolute Gasteiger partial charge is 0.456 e. The standard InChI is InChI=1S/C54H36N2O2/c1-2-11-38(12-3-1)56-49-18-7-4-13-43(49)44-31-30-41(34-50(44)56)55(39-26-21-35(22-27-39)37-25-32-53-48(33-37)46-15-6-8-19-51(46)57-53)40-28-23-36(24-29-40)42-16-10-17-47-45-14-5-9-20-52(45)58-54(42)47/h1-26,28-34,39H,27H2. The van der Waals surface area contributed by atoms with Crippen LogP contribution >= 0.6 is 0 Å². The average molecular weight is 745 g/mol. The van der Waals surface area contributed by atoms with E-state index in [1.165, 1.54) is 32.9 Å². The number of furan rings is 2. The van der Waals surface area contributed by atoms with Gasteiger partial charge in [0.05, 0.1) is 17.1 Å². The van der Waals surface area contributed by atoms with Crippen LogP contribution in [0.3, 0.4) is 0 Å². The first kappa shape index (κ1) is 32.7. The molecule has 1 atom stereocenters. The molecule has 58 heavy (non-hydrogen) atoms. The molecule has 1 unspecified atom stereocenters. The van der Waals surface area contributed by atoms with Gasteiger partial charge in [0.1, 0.15) is 22.3 Å². The predicted octanol–water partition coefficient (Wildman–Crippen LogP) is 14.8. The normalized spacial score (nSPS) is 14.3. The fraction of sp³-hybridized carbons (Fsp3) is 0.0370. The second-order valence-corrected chi connectivity index (χ2v) is 15.2. The number of allylic oxidation sites excluding steroid dienone is 2. The van der Waals surface area contributed by atoms with Crippen molar-refractivity contribution in [2.75, 3.05) is 4.90 Å². The van der Waals surface area contributed by atoms with Crippen molar-refractivity contribution >= 4 is 82.6 Å². The number of anilines is 2. The van der Waals surface area contributed by atoms with Gasteiger partial charge in [-0.3, -0.25) is 0 Å². The smallest absolute Gasteiger partial charge is 0.143 e. The highest BCUT2D eigenvalue weighted by Crippen LogP contribution is 2.41. The lowest BCUT2D eigenvalue weighted by molar-refractivity contribution is 0.669. The minimum absolute atomic E-state index is 0.0823. The third-order valence-corrected chi connectivity index (χ3v) is 11.9. The Morgan fingerprint density at radius 2 is 1.12 bits per heavy atom. The molecule has 1 aliphatic rings. The summed E-state index contributed by atoms with van der Waals surface area (Å²) in [5, 5.41) is 7.05. The Balaban J connectivity index is 0.974. The van der Waals surface area contributed by atoms with Crippen LogP contribution in [0.1, 0.15) is 12.0 Å². The highest BCUT2D eigenvalue weighted by Gasteiger charge is 2.23. The molecule has 3 aromatic heterocycles. The zero-order chi connectivity index (χ0) is 38.2. The van der Waals surface area contributed by atoms with Gasteiger partial charge >= 0.3 is 0 Å². The number of para-hydroxylation sites is 5. The first-order valence-electron chi connectivity index (χ1n) is 19.9. The number of aromatic nitrogens is 1. The Kier molecular flexibility index (Phi) is 7.32. The third-order valence-electron chi connectivity index (χ3n) is 11.9. The molecule has 4 heteroatoms. The van der Waals surface area contributed by atoms with Gasteiger partial charge in [-0.05, 0) is 89.9 Å². The molecule has 0 amide bonds. The van der Waals surface area contributed by atoms with E-state index < -0.39 is 0 Å². The van der Waals surface area contributed by atoms with Gasteiger partial charge in [-0.1, -0.05) is 133 Å². The summed E-state index contributed by atoms with van der Waals surface area (Å²) in [6.45, 7) is 0. The van der Waals surface area contributed by atoms with Gasteiger partial charge in [-0.25, -0.2) is 0 Å². The van der Waals surface area contributed by atoms with Crippen molar-refractivity contribution < 1.29 is 8.83 Å². The Morgan fingerprint density at radius 1 is 0.466 bits per heavy atom. The summed E-state index contributed by atoms with van der Waals surface area (Å²) in [5.74, 6) is 0. The van der Waals surface area contributed by atoms with E-state index in [4.69, 9.17) is 8.83 Å². The lowest BCUT2D eigenvalue weighted by Crippen LogP contribution is -2.30. The monoisotopic (exact) mass is 744 g/mol. The topological polar surface area (TPSA) is 34.5 Å². The van der Waals surface area contributed by atoms with E-state index in [1.807, 2.05) is 24.3 Å². The van der Waals surface area contributed by atoms with Crippen LogP contribution in [-0.4, -0.2) is 10.6 Å². The summed E-state index contributed by atoms with van der Waals surface area (Å²) in [5.41, 5.74) is 14.1.